The van der Waals surface area contributed by atoms with Crippen molar-refractivity contribution in [2.75, 3.05) is 0 Å². The number of hydrogen-bond acceptors (Lipinski definition) is 4. The maximum Gasteiger partial charge on any atom is 0.128 e. The van der Waals surface area contributed by atoms with Crippen LogP contribution in [-0.2, 0) is 6.61 Å². The lowest BCUT2D eigenvalue weighted by Gasteiger charge is -2.10. The predicted molar refractivity (Wildman–Crippen MR) is 101 cm³/mol. The molecule has 0 aliphatic heterocycles. The Kier molecular flexibility index (Phi) is 7.83. The third-order valence-corrected chi connectivity index (χ3v) is 4.17. The van der Waals surface area contributed by atoms with Crippen LogP contribution in [-0.4, -0.2) is 16.0 Å². The van der Waals surface area contributed by atoms with Crippen LogP contribution in [0.2, 0.25) is 0 Å². The molecule has 0 unspecified atom stereocenters. The van der Waals surface area contributed by atoms with Crippen LogP contribution < -0.4 is 4.74 Å². The summed E-state index contributed by atoms with van der Waals surface area (Å²) in [7, 11) is 0. The molecule has 4 heteroatoms. The first-order valence-electron chi connectivity index (χ1n) is 8.95. The molecule has 2 rings (SSSR count). The van der Waals surface area contributed by atoms with Crippen LogP contribution in [0.3, 0.4) is 0 Å². The van der Waals surface area contributed by atoms with Crippen molar-refractivity contribution in [3.05, 3.63) is 59.7 Å². The zero-order chi connectivity index (χ0) is 17.9. The number of oxime groups is 1. The summed E-state index contributed by atoms with van der Waals surface area (Å²) in [6, 6.07) is 15.0. The number of hydrogen-bond donors (Lipinski definition) is 2. The van der Waals surface area contributed by atoms with Crippen LogP contribution in [0, 0.1) is 0 Å². The summed E-state index contributed by atoms with van der Waals surface area (Å²) in [4.78, 5) is 0. The number of unbranched alkanes of at least 4 members (excludes halogenated alkanes) is 4. The first-order chi connectivity index (χ1) is 12.2. The number of phenols is 1. The molecule has 2 aromatic carbocycles. The van der Waals surface area contributed by atoms with E-state index in [1.54, 1.807) is 18.2 Å². The van der Waals surface area contributed by atoms with Crippen molar-refractivity contribution in [1.82, 2.24) is 0 Å². The van der Waals surface area contributed by atoms with Crippen molar-refractivity contribution in [3.63, 3.8) is 0 Å². The molecular weight excluding hydrogens is 314 g/mol. The Hall–Kier alpha value is -2.49. The Morgan fingerprint density at radius 1 is 1.00 bits per heavy atom. The maximum atomic E-state index is 10.3. The quantitative estimate of drug-likeness (QED) is 0.259. The fraction of sp³-hybridized carbons (Fsp3) is 0.381. The van der Waals surface area contributed by atoms with Gasteiger partial charge in [-0.1, -0.05) is 68.1 Å². The number of rotatable bonds is 10. The highest BCUT2D eigenvalue weighted by Gasteiger charge is 2.11. The van der Waals surface area contributed by atoms with Gasteiger partial charge in [-0.2, -0.15) is 0 Å². The molecule has 0 aliphatic rings. The summed E-state index contributed by atoms with van der Waals surface area (Å²) in [5, 5.41) is 22.9. The van der Waals surface area contributed by atoms with Crippen molar-refractivity contribution in [2.24, 2.45) is 5.16 Å². The SMILES string of the molecule is CCCCCCC/C(=N\O)c1ccc(OCc2ccccc2)cc1O. The van der Waals surface area contributed by atoms with Gasteiger partial charge in [-0.15, -0.1) is 0 Å². The van der Waals surface area contributed by atoms with E-state index in [1.807, 2.05) is 30.3 Å². The Morgan fingerprint density at radius 2 is 1.76 bits per heavy atom. The van der Waals surface area contributed by atoms with Crippen LogP contribution in [0.5, 0.6) is 11.5 Å². The zero-order valence-electron chi connectivity index (χ0n) is 14.8. The molecule has 0 radical (unpaired) electrons. The predicted octanol–water partition coefficient (Wildman–Crippen LogP) is 5.51. The standard InChI is InChI=1S/C21H27NO3/c1-2-3-4-5-9-12-20(22-24)19-14-13-18(15-21(19)23)25-16-17-10-7-6-8-11-17/h6-8,10-11,13-15,23-24H,2-5,9,12,16H2,1H3/b22-20+. The van der Waals surface area contributed by atoms with Gasteiger partial charge < -0.3 is 15.1 Å². The Labute approximate surface area is 149 Å². The molecule has 0 aromatic heterocycles. The lowest BCUT2D eigenvalue weighted by atomic mass is 10.0. The van der Waals surface area contributed by atoms with Crippen molar-refractivity contribution in [1.29, 1.82) is 0 Å². The summed E-state index contributed by atoms with van der Waals surface area (Å²) >= 11 is 0. The minimum absolute atomic E-state index is 0.0759. The lowest BCUT2D eigenvalue weighted by molar-refractivity contribution is 0.304. The molecule has 0 spiro atoms. The van der Waals surface area contributed by atoms with E-state index < -0.39 is 0 Å². The van der Waals surface area contributed by atoms with E-state index in [0.717, 1.165) is 18.4 Å². The fourth-order valence-corrected chi connectivity index (χ4v) is 2.72. The number of phenolic OH excluding ortho intramolecular Hbond substituents is 1. The average Bonchev–Trinajstić information content (AvgIpc) is 2.65. The summed E-state index contributed by atoms with van der Waals surface area (Å²) in [5.41, 5.74) is 2.14. The highest BCUT2D eigenvalue weighted by molar-refractivity contribution is 6.02. The summed E-state index contributed by atoms with van der Waals surface area (Å²) in [6.45, 7) is 2.62. The van der Waals surface area contributed by atoms with E-state index in [-0.39, 0.29) is 5.75 Å². The van der Waals surface area contributed by atoms with Gasteiger partial charge in [-0.05, 0) is 30.5 Å². The van der Waals surface area contributed by atoms with Gasteiger partial charge in [0.25, 0.3) is 0 Å². The fourth-order valence-electron chi connectivity index (χ4n) is 2.72. The molecule has 0 heterocycles. The number of benzene rings is 2. The Bertz CT molecular complexity index is 668. The molecule has 0 bridgehead atoms. The number of ether oxygens (including phenoxy) is 1. The second kappa shape index (κ2) is 10.4. The molecule has 4 nitrogen and oxygen atoms in total. The molecule has 0 aliphatic carbocycles. The molecule has 2 N–H and O–H groups in total. The molecule has 0 amide bonds. The second-order valence-corrected chi connectivity index (χ2v) is 6.16. The van der Waals surface area contributed by atoms with Crippen molar-refractivity contribution in [3.8, 4) is 11.5 Å². The number of aromatic hydroxyl groups is 1. The number of nitrogens with zero attached hydrogens (tertiary/aromatic N) is 1. The van der Waals surface area contributed by atoms with Gasteiger partial charge >= 0.3 is 0 Å². The zero-order valence-corrected chi connectivity index (χ0v) is 14.8. The van der Waals surface area contributed by atoms with Gasteiger partial charge in [0.2, 0.25) is 0 Å². The van der Waals surface area contributed by atoms with Gasteiger partial charge in [-0.3, -0.25) is 0 Å². The van der Waals surface area contributed by atoms with E-state index in [1.165, 1.54) is 19.3 Å². The third kappa shape index (κ3) is 6.14. The third-order valence-electron chi connectivity index (χ3n) is 4.17. The van der Waals surface area contributed by atoms with Crippen LogP contribution >= 0.6 is 0 Å². The molecule has 134 valence electrons. The van der Waals surface area contributed by atoms with Gasteiger partial charge in [-0.25, -0.2) is 0 Å². The minimum Gasteiger partial charge on any atom is -0.507 e. The van der Waals surface area contributed by atoms with Gasteiger partial charge in [0, 0.05) is 11.6 Å². The summed E-state index contributed by atoms with van der Waals surface area (Å²) in [5.74, 6) is 0.664. The first kappa shape index (κ1) is 18.8. The van der Waals surface area contributed by atoms with Crippen LogP contribution in [0.1, 0.15) is 56.6 Å². The van der Waals surface area contributed by atoms with E-state index in [4.69, 9.17) is 4.74 Å². The largest absolute Gasteiger partial charge is 0.507 e. The smallest absolute Gasteiger partial charge is 0.128 e. The highest BCUT2D eigenvalue weighted by atomic mass is 16.5. The molecule has 25 heavy (non-hydrogen) atoms. The highest BCUT2D eigenvalue weighted by Crippen LogP contribution is 2.26. The molecule has 2 aromatic rings. The van der Waals surface area contributed by atoms with Gasteiger partial charge in [0.05, 0.1) is 5.71 Å². The van der Waals surface area contributed by atoms with E-state index >= 15 is 0 Å². The normalized spacial score (nSPS) is 11.5. The second-order valence-electron chi connectivity index (χ2n) is 6.16. The molecule has 0 fully saturated rings. The summed E-state index contributed by atoms with van der Waals surface area (Å²) in [6.07, 6.45) is 6.32. The average molecular weight is 341 g/mol. The maximum absolute atomic E-state index is 10.3. The van der Waals surface area contributed by atoms with E-state index in [2.05, 4.69) is 12.1 Å². The molecule has 0 atom stereocenters. The van der Waals surface area contributed by atoms with Crippen molar-refractivity contribution >= 4 is 5.71 Å². The molecular formula is C21H27NO3. The minimum atomic E-state index is 0.0759. The Morgan fingerprint density at radius 3 is 2.44 bits per heavy atom. The first-order valence-corrected chi connectivity index (χ1v) is 8.95. The monoisotopic (exact) mass is 341 g/mol. The summed E-state index contributed by atoms with van der Waals surface area (Å²) < 4.78 is 5.70. The molecule has 0 saturated carbocycles. The van der Waals surface area contributed by atoms with E-state index in [0.29, 0.717) is 30.1 Å². The molecule has 0 saturated heterocycles. The van der Waals surface area contributed by atoms with Crippen molar-refractivity contribution in [2.45, 2.75) is 52.1 Å². The van der Waals surface area contributed by atoms with Crippen LogP contribution in [0.25, 0.3) is 0 Å². The van der Waals surface area contributed by atoms with Gasteiger partial charge in [0.15, 0.2) is 0 Å². The lowest BCUT2D eigenvalue weighted by Crippen LogP contribution is -2.02. The van der Waals surface area contributed by atoms with E-state index in [9.17, 15) is 10.3 Å². The topological polar surface area (TPSA) is 62.1 Å². The van der Waals surface area contributed by atoms with Gasteiger partial charge in [0.1, 0.15) is 18.1 Å². The Balaban J connectivity index is 1.93. The van der Waals surface area contributed by atoms with Crippen LogP contribution in [0.4, 0.5) is 0 Å². The van der Waals surface area contributed by atoms with Crippen LogP contribution in [0.15, 0.2) is 53.7 Å². The van der Waals surface area contributed by atoms with Crippen molar-refractivity contribution < 1.29 is 15.1 Å².